The van der Waals surface area contributed by atoms with Crippen LogP contribution in [0.4, 0.5) is 0 Å². The molecule has 3 nitrogen and oxygen atoms in total. The van der Waals surface area contributed by atoms with Crippen molar-refractivity contribution in [1.29, 1.82) is 0 Å². The first-order chi connectivity index (χ1) is 8.30. The number of nitrogens with zero attached hydrogens (tertiary/aromatic N) is 1. The van der Waals surface area contributed by atoms with Crippen LogP contribution in [0.3, 0.4) is 0 Å². The highest BCUT2D eigenvalue weighted by Crippen LogP contribution is 2.24. The van der Waals surface area contributed by atoms with Crippen molar-refractivity contribution < 1.29 is 4.74 Å². The zero-order valence-electron chi connectivity index (χ0n) is 10.8. The molecule has 3 heteroatoms. The first-order valence-electron chi connectivity index (χ1n) is 6.11. The summed E-state index contributed by atoms with van der Waals surface area (Å²) in [7, 11) is 3.70. The van der Waals surface area contributed by atoms with Crippen molar-refractivity contribution in [2.45, 2.75) is 19.9 Å². The third kappa shape index (κ3) is 2.29. The van der Waals surface area contributed by atoms with Crippen molar-refractivity contribution in [3.05, 3.63) is 30.0 Å². The molecule has 2 aromatic rings. The van der Waals surface area contributed by atoms with Gasteiger partial charge in [-0.05, 0) is 38.2 Å². The second kappa shape index (κ2) is 5.23. The van der Waals surface area contributed by atoms with Gasteiger partial charge in [0, 0.05) is 36.1 Å². The number of aromatic nitrogens is 1. The van der Waals surface area contributed by atoms with Gasteiger partial charge in [0.15, 0.2) is 0 Å². The van der Waals surface area contributed by atoms with Crippen molar-refractivity contribution in [1.82, 2.24) is 9.88 Å². The fourth-order valence-corrected chi connectivity index (χ4v) is 2.27. The van der Waals surface area contributed by atoms with E-state index in [-0.39, 0.29) is 0 Å². The van der Waals surface area contributed by atoms with Gasteiger partial charge in [0.1, 0.15) is 5.75 Å². The lowest BCUT2D eigenvalue weighted by molar-refractivity contribution is 0.415. The molecule has 1 heterocycles. The molecule has 0 spiro atoms. The van der Waals surface area contributed by atoms with Crippen molar-refractivity contribution in [3.8, 4) is 5.75 Å². The van der Waals surface area contributed by atoms with Gasteiger partial charge in [-0.3, -0.25) is 0 Å². The maximum absolute atomic E-state index is 5.26. The number of aryl methyl sites for hydroxylation is 1. The Kier molecular flexibility index (Phi) is 3.69. The van der Waals surface area contributed by atoms with Gasteiger partial charge in [0.2, 0.25) is 0 Å². The fourth-order valence-electron chi connectivity index (χ4n) is 2.27. The van der Waals surface area contributed by atoms with Gasteiger partial charge >= 0.3 is 0 Å². The highest BCUT2D eigenvalue weighted by Gasteiger charge is 2.07. The van der Waals surface area contributed by atoms with Crippen molar-refractivity contribution in [2.75, 3.05) is 20.7 Å². The van der Waals surface area contributed by atoms with E-state index in [1.807, 2.05) is 13.1 Å². The van der Waals surface area contributed by atoms with Crippen LogP contribution in [-0.2, 0) is 13.0 Å². The van der Waals surface area contributed by atoms with Crippen LogP contribution in [0.2, 0.25) is 0 Å². The molecule has 1 aromatic carbocycles. The van der Waals surface area contributed by atoms with E-state index < -0.39 is 0 Å². The lowest BCUT2D eigenvalue weighted by Gasteiger charge is -2.07. The van der Waals surface area contributed by atoms with E-state index >= 15 is 0 Å². The molecule has 0 atom stereocenters. The highest BCUT2D eigenvalue weighted by atomic mass is 16.5. The monoisotopic (exact) mass is 232 g/mol. The zero-order valence-corrected chi connectivity index (χ0v) is 10.8. The number of nitrogens with one attached hydrogen (secondary N) is 1. The smallest absolute Gasteiger partial charge is 0.119 e. The Morgan fingerprint density at radius 1 is 1.29 bits per heavy atom. The van der Waals surface area contributed by atoms with Gasteiger partial charge in [-0.2, -0.15) is 0 Å². The van der Waals surface area contributed by atoms with Gasteiger partial charge in [0.25, 0.3) is 0 Å². The fraction of sp³-hybridized carbons (Fsp3) is 0.429. The Morgan fingerprint density at radius 2 is 2.12 bits per heavy atom. The maximum atomic E-state index is 5.26. The molecule has 0 aliphatic heterocycles. The second-order valence-corrected chi connectivity index (χ2v) is 4.16. The topological polar surface area (TPSA) is 26.2 Å². The minimum Gasteiger partial charge on any atom is -0.497 e. The average molecular weight is 232 g/mol. The Labute approximate surface area is 102 Å². The summed E-state index contributed by atoms with van der Waals surface area (Å²) >= 11 is 0. The highest BCUT2D eigenvalue weighted by molar-refractivity contribution is 5.83. The summed E-state index contributed by atoms with van der Waals surface area (Å²) in [4.78, 5) is 0. The molecule has 0 bridgehead atoms. The normalized spacial score (nSPS) is 11.0. The molecule has 0 aliphatic rings. The number of methoxy groups -OCH3 is 1. The Morgan fingerprint density at radius 3 is 2.76 bits per heavy atom. The summed E-state index contributed by atoms with van der Waals surface area (Å²) in [6, 6.07) is 8.53. The Balaban J connectivity index is 2.46. The maximum Gasteiger partial charge on any atom is 0.119 e. The molecule has 1 aromatic heterocycles. The number of fused-ring (bicyclic) bond motifs is 1. The molecule has 0 saturated carbocycles. The largest absolute Gasteiger partial charge is 0.497 e. The Bertz CT molecular complexity index is 502. The molecule has 0 unspecified atom stereocenters. The van der Waals surface area contributed by atoms with Gasteiger partial charge in [-0.1, -0.05) is 0 Å². The SMILES string of the molecule is CCn1c(CCNC)cc2cc(OC)ccc21. The average Bonchev–Trinajstić information content (AvgIpc) is 2.72. The summed E-state index contributed by atoms with van der Waals surface area (Å²) in [6.45, 7) is 4.20. The molecular formula is C14H20N2O. The van der Waals surface area contributed by atoms with Gasteiger partial charge in [0.05, 0.1) is 7.11 Å². The number of benzene rings is 1. The zero-order chi connectivity index (χ0) is 12.3. The van der Waals surface area contributed by atoms with E-state index in [0.717, 1.165) is 25.3 Å². The number of hydrogen-bond acceptors (Lipinski definition) is 2. The minimum absolute atomic E-state index is 0.922. The van der Waals surface area contributed by atoms with Crippen LogP contribution in [0.25, 0.3) is 10.9 Å². The van der Waals surface area contributed by atoms with Crippen LogP contribution in [0.15, 0.2) is 24.3 Å². The number of hydrogen-bond donors (Lipinski definition) is 1. The van der Waals surface area contributed by atoms with E-state index in [2.05, 4.69) is 35.0 Å². The molecular weight excluding hydrogens is 212 g/mol. The van der Waals surface area contributed by atoms with E-state index in [9.17, 15) is 0 Å². The second-order valence-electron chi connectivity index (χ2n) is 4.16. The number of likely N-dealkylation sites (N-methyl/N-ethyl adjacent to an activating group) is 1. The van der Waals surface area contributed by atoms with Crippen LogP contribution in [0, 0.1) is 0 Å². The summed E-state index contributed by atoms with van der Waals surface area (Å²) in [5.74, 6) is 0.922. The molecule has 0 saturated heterocycles. The lowest BCUT2D eigenvalue weighted by Crippen LogP contribution is -2.12. The predicted molar refractivity (Wildman–Crippen MR) is 71.8 cm³/mol. The van der Waals surface area contributed by atoms with E-state index in [4.69, 9.17) is 4.74 Å². The quantitative estimate of drug-likeness (QED) is 0.857. The molecule has 0 fully saturated rings. The first-order valence-corrected chi connectivity index (χ1v) is 6.11. The van der Waals surface area contributed by atoms with Gasteiger partial charge in [-0.25, -0.2) is 0 Å². The number of rotatable bonds is 5. The van der Waals surface area contributed by atoms with Crippen LogP contribution in [-0.4, -0.2) is 25.3 Å². The molecule has 0 radical (unpaired) electrons. The van der Waals surface area contributed by atoms with E-state index in [0.29, 0.717) is 0 Å². The lowest BCUT2D eigenvalue weighted by atomic mass is 10.2. The summed E-state index contributed by atoms with van der Waals surface area (Å²) < 4.78 is 7.63. The van der Waals surface area contributed by atoms with Crippen LogP contribution in [0.1, 0.15) is 12.6 Å². The standard InChI is InChI=1S/C14H20N2O/c1-4-16-12(7-8-15-2)9-11-10-13(17-3)5-6-14(11)16/h5-6,9-10,15H,4,7-8H2,1-3H3. The van der Waals surface area contributed by atoms with Crippen LogP contribution in [0.5, 0.6) is 5.75 Å². The molecule has 0 amide bonds. The summed E-state index contributed by atoms with van der Waals surface area (Å²) in [6.07, 6.45) is 1.06. The molecule has 0 aliphatic carbocycles. The van der Waals surface area contributed by atoms with E-state index in [1.165, 1.54) is 16.6 Å². The number of ether oxygens (including phenoxy) is 1. The van der Waals surface area contributed by atoms with Crippen molar-refractivity contribution in [3.63, 3.8) is 0 Å². The minimum atomic E-state index is 0.922. The summed E-state index contributed by atoms with van der Waals surface area (Å²) in [5, 5.41) is 4.46. The molecule has 1 N–H and O–H groups in total. The predicted octanol–water partition coefficient (Wildman–Crippen LogP) is 2.43. The van der Waals surface area contributed by atoms with Crippen molar-refractivity contribution in [2.24, 2.45) is 0 Å². The van der Waals surface area contributed by atoms with Crippen molar-refractivity contribution >= 4 is 10.9 Å². The first kappa shape index (κ1) is 12.0. The van der Waals surface area contributed by atoms with Gasteiger partial charge < -0.3 is 14.6 Å². The van der Waals surface area contributed by atoms with E-state index in [1.54, 1.807) is 7.11 Å². The summed E-state index contributed by atoms with van der Waals surface area (Å²) in [5.41, 5.74) is 2.67. The molecule has 17 heavy (non-hydrogen) atoms. The van der Waals surface area contributed by atoms with Crippen LogP contribution >= 0.6 is 0 Å². The molecule has 2 rings (SSSR count). The third-order valence-corrected chi connectivity index (χ3v) is 3.14. The van der Waals surface area contributed by atoms with Gasteiger partial charge in [-0.15, -0.1) is 0 Å². The Hall–Kier alpha value is -1.48. The van der Waals surface area contributed by atoms with Crippen LogP contribution < -0.4 is 10.1 Å². The molecule has 92 valence electrons. The third-order valence-electron chi connectivity index (χ3n) is 3.14.